The van der Waals surface area contributed by atoms with Gasteiger partial charge in [-0.1, -0.05) is 35.3 Å². The van der Waals surface area contributed by atoms with Gasteiger partial charge in [-0.05, 0) is 31.2 Å². The second kappa shape index (κ2) is 6.17. The number of imidazole rings is 1. The van der Waals surface area contributed by atoms with Gasteiger partial charge in [0.25, 0.3) is 0 Å². The number of halogens is 2. The number of aromatic nitrogens is 5. The second-order valence-corrected chi connectivity index (χ2v) is 6.76. The Kier molecular flexibility index (Phi) is 3.98. The highest BCUT2D eigenvalue weighted by Crippen LogP contribution is 2.28. The molecule has 0 atom stereocenters. The predicted octanol–water partition coefficient (Wildman–Crippen LogP) is 4.34. The van der Waals surface area contributed by atoms with Crippen LogP contribution in [-0.4, -0.2) is 24.4 Å². The number of aryl methyl sites for hydroxylation is 2. The Bertz CT molecular complexity index is 1060. The first-order valence-corrected chi connectivity index (χ1v) is 8.56. The van der Waals surface area contributed by atoms with Crippen molar-refractivity contribution in [2.24, 2.45) is 7.05 Å². The van der Waals surface area contributed by atoms with E-state index in [1.165, 1.54) is 0 Å². The van der Waals surface area contributed by atoms with E-state index in [0.29, 0.717) is 16.5 Å². The van der Waals surface area contributed by atoms with Crippen molar-refractivity contribution in [1.29, 1.82) is 0 Å². The zero-order chi connectivity index (χ0) is 17.6. The van der Waals surface area contributed by atoms with Crippen LogP contribution in [-0.2, 0) is 13.5 Å². The molecule has 0 spiro atoms. The van der Waals surface area contributed by atoms with Gasteiger partial charge in [-0.15, -0.1) is 0 Å². The third kappa shape index (κ3) is 3.01. The maximum absolute atomic E-state index is 6.21. The molecular weight excluding hydrogens is 357 g/mol. The van der Waals surface area contributed by atoms with Crippen LogP contribution in [0.25, 0.3) is 16.9 Å². The Morgan fingerprint density at radius 2 is 1.68 bits per heavy atom. The fourth-order valence-electron chi connectivity index (χ4n) is 2.94. The molecule has 0 amide bonds. The summed E-state index contributed by atoms with van der Waals surface area (Å²) in [6.45, 7) is 1.96. The quantitative estimate of drug-likeness (QED) is 0.538. The molecule has 0 N–H and O–H groups in total. The van der Waals surface area contributed by atoms with E-state index < -0.39 is 0 Å². The van der Waals surface area contributed by atoms with Crippen molar-refractivity contribution in [2.75, 3.05) is 0 Å². The minimum atomic E-state index is 0.610. The minimum absolute atomic E-state index is 0.610. The van der Waals surface area contributed by atoms with Crippen molar-refractivity contribution in [2.45, 2.75) is 13.3 Å². The summed E-state index contributed by atoms with van der Waals surface area (Å²) in [5.41, 5.74) is 5.57. The Hall–Kier alpha value is -2.37. The third-order valence-electron chi connectivity index (χ3n) is 4.11. The van der Waals surface area contributed by atoms with Gasteiger partial charge in [0.05, 0.1) is 27.8 Å². The summed E-state index contributed by atoms with van der Waals surface area (Å²) in [4.78, 5) is 6.38. The maximum Gasteiger partial charge on any atom is 0.137 e. The molecule has 0 aliphatic rings. The van der Waals surface area contributed by atoms with Crippen molar-refractivity contribution in [1.82, 2.24) is 24.4 Å². The summed E-state index contributed by atoms with van der Waals surface area (Å²) in [5.74, 6) is 0. The number of hydrogen-bond acceptors (Lipinski definition) is 3. The normalized spacial score (nSPS) is 11.4. The molecule has 5 nitrogen and oxygen atoms in total. The average Bonchev–Trinajstić information content (AvgIpc) is 3.08. The molecule has 4 rings (SSSR count). The predicted molar refractivity (Wildman–Crippen MR) is 99.2 cm³/mol. The standard InChI is InChI=1S/C18H15Cl2N5/c1-11-15(23-24(2)22-11)9-16-18(12-3-5-13(19)6-4-12)21-17-8-7-14(20)10-25(16)17/h3-8,10H,9H2,1-2H3. The van der Waals surface area contributed by atoms with Gasteiger partial charge in [0.1, 0.15) is 5.65 Å². The molecule has 25 heavy (non-hydrogen) atoms. The summed E-state index contributed by atoms with van der Waals surface area (Å²) in [5, 5.41) is 10.2. The topological polar surface area (TPSA) is 48.0 Å². The third-order valence-corrected chi connectivity index (χ3v) is 4.59. The molecule has 0 bridgehead atoms. The molecule has 0 radical (unpaired) electrons. The molecule has 0 aliphatic heterocycles. The van der Waals surface area contributed by atoms with Gasteiger partial charge in [-0.3, -0.25) is 0 Å². The maximum atomic E-state index is 6.21. The SMILES string of the molecule is Cc1nn(C)nc1Cc1c(-c2ccc(Cl)cc2)nc2ccc(Cl)cn12. The molecule has 0 unspecified atom stereocenters. The van der Waals surface area contributed by atoms with E-state index in [4.69, 9.17) is 28.2 Å². The van der Waals surface area contributed by atoms with Crippen LogP contribution in [0.15, 0.2) is 42.6 Å². The Balaban J connectivity index is 1.92. The molecular formula is C18H15Cl2N5. The van der Waals surface area contributed by atoms with Gasteiger partial charge < -0.3 is 4.40 Å². The van der Waals surface area contributed by atoms with Gasteiger partial charge in [0, 0.05) is 30.3 Å². The van der Waals surface area contributed by atoms with E-state index in [-0.39, 0.29) is 0 Å². The van der Waals surface area contributed by atoms with E-state index in [9.17, 15) is 0 Å². The van der Waals surface area contributed by atoms with Gasteiger partial charge >= 0.3 is 0 Å². The van der Waals surface area contributed by atoms with E-state index in [1.54, 1.807) is 4.80 Å². The number of benzene rings is 1. The average molecular weight is 372 g/mol. The molecule has 4 aromatic rings. The number of rotatable bonds is 3. The zero-order valence-corrected chi connectivity index (χ0v) is 15.3. The van der Waals surface area contributed by atoms with E-state index in [1.807, 2.05) is 61.0 Å². The highest BCUT2D eigenvalue weighted by atomic mass is 35.5. The lowest BCUT2D eigenvalue weighted by atomic mass is 10.1. The molecule has 3 heterocycles. The van der Waals surface area contributed by atoms with Gasteiger partial charge in [0.2, 0.25) is 0 Å². The van der Waals surface area contributed by atoms with Crippen molar-refractivity contribution in [3.63, 3.8) is 0 Å². The van der Waals surface area contributed by atoms with E-state index >= 15 is 0 Å². The highest BCUT2D eigenvalue weighted by molar-refractivity contribution is 6.30. The zero-order valence-electron chi connectivity index (χ0n) is 13.7. The largest absolute Gasteiger partial charge is 0.302 e. The molecule has 0 saturated heterocycles. The summed E-state index contributed by atoms with van der Waals surface area (Å²) < 4.78 is 2.01. The first-order chi connectivity index (χ1) is 12.0. The van der Waals surface area contributed by atoms with Crippen molar-refractivity contribution >= 4 is 28.8 Å². The Labute approximate surface area is 154 Å². The van der Waals surface area contributed by atoms with Crippen LogP contribution < -0.4 is 0 Å². The van der Waals surface area contributed by atoms with Crippen LogP contribution in [0.5, 0.6) is 0 Å². The first kappa shape index (κ1) is 16.1. The van der Waals surface area contributed by atoms with Gasteiger partial charge in [-0.25, -0.2) is 4.98 Å². The van der Waals surface area contributed by atoms with Crippen LogP contribution in [0.2, 0.25) is 10.0 Å². The molecule has 0 aliphatic carbocycles. The smallest absolute Gasteiger partial charge is 0.137 e. The first-order valence-electron chi connectivity index (χ1n) is 7.80. The van der Waals surface area contributed by atoms with Crippen LogP contribution in [0.4, 0.5) is 0 Å². The summed E-state index contributed by atoms with van der Waals surface area (Å²) in [6.07, 6.45) is 2.49. The lowest BCUT2D eigenvalue weighted by Crippen LogP contribution is -1.99. The lowest BCUT2D eigenvalue weighted by Gasteiger charge is -2.05. The molecule has 0 fully saturated rings. The van der Waals surface area contributed by atoms with Crippen LogP contribution in [0.1, 0.15) is 17.1 Å². The second-order valence-electron chi connectivity index (χ2n) is 5.89. The molecule has 7 heteroatoms. The molecule has 126 valence electrons. The summed E-state index contributed by atoms with van der Waals surface area (Å²) in [6, 6.07) is 11.4. The fourth-order valence-corrected chi connectivity index (χ4v) is 3.23. The highest BCUT2D eigenvalue weighted by Gasteiger charge is 2.17. The monoisotopic (exact) mass is 371 g/mol. The number of fused-ring (bicyclic) bond motifs is 1. The fraction of sp³-hybridized carbons (Fsp3) is 0.167. The molecule has 0 saturated carbocycles. The Morgan fingerprint density at radius 1 is 0.960 bits per heavy atom. The van der Waals surface area contributed by atoms with E-state index in [0.717, 1.165) is 34.0 Å². The van der Waals surface area contributed by atoms with Crippen molar-refractivity contribution in [3.8, 4) is 11.3 Å². The number of nitrogens with zero attached hydrogens (tertiary/aromatic N) is 5. The van der Waals surface area contributed by atoms with E-state index in [2.05, 4.69) is 10.2 Å². The summed E-state index contributed by atoms with van der Waals surface area (Å²) in [7, 11) is 1.82. The van der Waals surface area contributed by atoms with Crippen molar-refractivity contribution < 1.29 is 0 Å². The number of hydrogen-bond donors (Lipinski definition) is 0. The van der Waals surface area contributed by atoms with Crippen LogP contribution >= 0.6 is 23.2 Å². The van der Waals surface area contributed by atoms with Gasteiger partial charge in [0.15, 0.2) is 0 Å². The van der Waals surface area contributed by atoms with Crippen LogP contribution in [0, 0.1) is 6.92 Å². The summed E-state index contributed by atoms with van der Waals surface area (Å²) >= 11 is 12.2. The Morgan fingerprint density at radius 3 is 2.36 bits per heavy atom. The molecule has 1 aromatic carbocycles. The van der Waals surface area contributed by atoms with Crippen LogP contribution in [0.3, 0.4) is 0 Å². The van der Waals surface area contributed by atoms with Gasteiger partial charge in [-0.2, -0.15) is 15.0 Å². The molecule has 3 aromatic heterocycles. The number of pyridine rings is 1. The minimum Gasteiger partial charge on any atom is -0.302 e. The van der Waals surface area contributed by atoms with Crippen molar-refractivity contribution in [3.05, 3.63) is 69.7 Å². The lowest BCUT2D eigenvalue weighted by molar-refractivity contribution is 0.643.